The van der Waals surface area contributed by atoms with Gasteiger partial charge in [0, 0.05) is 6.54 Å². The summed E-state index contributed by atoms with van der Waals surface area (Å²) in [6, 6.07) is 3.95. The summed E-state index contributed by atoms with van der Waals surface area (Å²) < 4.78 is 42.1. The van der Waals surface area contributed by atoms with Gasteiger partial charge in [0.1, 0.15) is 6.54 Å². The lowest BCUT2D eigenvalue weighted by Crippen LogP contribution is -2.38. The van der Waals surface area contributed by atoms with Crippen LogP contribution in [0.5, 0.6) is 0 Å². The standard InChI is InChI=1S/C13H15F3N2O3/c1-2-21-11(19)8-18-12(20)17-7-9-4-3-5-10(6-9)13(14,15)16/h3-6H,2,7-8H2,1H3,(H2,17,18,20). The van der Waals surface area contributed by atoms with Crippen LogP contribution in [0.3, 0.4) is 0 Å². The zero-order valence-corrected chi connectivity index (χ0v) is 11.3. The van der Waals surface area contributed by atoms with Gasteiger partial charge in [-0.2, -0.15) is 13.2 Å². The number of amides is 2. The first-order valence-corrected chi connectivity index (χ1v) is 6.16. The van der Waals surface area contributed by atoms with Crippen molar-refractivity contribution in [2.24, 2.45) is 0 Å². The van der Waals surface area contributed by atoms with E-state index in [0.717, 1.165) is 12.1 Å². The number of halogens is 3. The van der Waals surface area contributed by atoms with Crippen molar-refractivity contribution >= 4 is 12.0 Å². The van der Waals surface area contributed by atoms with Crippen LogP contribution in [0.1, 0.15) is 18.1 Å². The highest BCUT2D eigenvalue weighted by Crippen LogP contribution is 2.29. The molecule has 0 radical (unpaired) electrons. The van der Waals surface area contributed by atoms with Crippen molar-refractivity contribution in [3.8, 4) is 0 Å². The normalized spacial score (nSPS) is 10.9. The Morgan fingerprint density at radius 1 is 1.24 bits per heavy atom. The summed E-state index contributed by atoms with van der Waals surface area (Å²) in [5.74, 6) is -0.591. The Morgan fingerprint density at radius 3 is 2.57 bits per heavy atom. The molecule has 0 atom stereocenters. The lowest BCUT2D eigenvalue weighted by Gasteiger charge is -2.10. The molecule has 2 amide bonds. The van der Waals surface area contributed by atoms with Crippen LogP contribution < -0.4 is 10.6 Å². The van der Waals surface area contributed by atoms with Crippen molar-refractivity contribution in [2.45, 2.75) is 19.6 Å². The van der Waals surface area contributed by atoms with E-state index in [1.807, 2.05) is 0 Å². The van der Waals surface area contributed by atoms with Gasteiger partial charge in [0.05, 0.1) is 12.2 Å². The molecule has 0 aromatic heterocycles. The number of nitrogens with one attached hydrogen (secondary N) is 2. The lowest BCUT2D eigenvalue weighted by molar-refractivity contribution is -0.141. The van der Waals surface area contributed by atoms with Crippen LogP contribution in [0.15, 0.2) is 24.3 Å². The maximum Gasteiger partial charge on any atom is 0.416 e. The molecule has 0 unspecified atom stereocenters. The Balaban J connectivity index is 2.45. The summed E-state index contributed by atoms with van der Waals surface area (Å²) in [7, 11) is 0. The van der Waals surface area contributed by atoms with E-state index in [0.29, 0.717) is 5.56 Å². The molecule has 8 heteroatoms. The molecule has 0 bridgehead atoms. The Morgan fingerprint density at radius 2 is 1.95 bits per heavy atom. The number of esters is 1. The Hall–Kier alpha value is -2.25. The number of hydrogen-bond donors (Lipinski definition) is 2. The van der Waals surface area contributed by atoms with Crippen LogP contribution in [-0.4, -0.2) is 25.2 Å². The fourth-order valence-electron chi connectivity index (χ4n) is 1.47. The number of carbonyl (C=O) groups excluding carboxylic acids is 2. The molecule has 116 valence electrons. The topological polar surface area (TPSA) is 67.4 Å². The van der Waals surface area contributed by atoms with Gasteiger partial charge in [-0.25, -0.2) is 4.79 Å². The monoisotopic (exact) mass is 304 g/mol. The molecular formula is C13H15F3N2O3. The summed E-state index contributed by atoms with van der Waals surface area (Å²) in [4.78, 5) is 22.3. The number of alkyl halides is 3. The summed E-state index contributed by atoms with van der Waals surface area (Å²) in [5.41, 5.74) is -0.482. The van der Waals surface area contributed by atoms with Crippen molar-refractivity contribution < 1.29 is 27.5 Å². The number of hydrogen-bond acceptors (Lipinski definition) is 3. The van der Waals surface area contributed by atoms with E-state index < -0.39 is 23.7 Å². The van der Waals surface area contributed by atoms with E-state index in [2.05, 4.69) is 15.4 Å². The van der Waals surface area contributed by atoms with Gasteiger partial charge in [-0.1, -0.05) is 12.1 Å². The summed E-state index contributed by atoms with van der Waals surface area (Å²) in [6.07, 6.45) is -4.43. The van der Waals surface area contributed by atoms with Gasteiger partial charge in [0.25, 0.3) is 0 Å². The van der Waals surface area contributed by atoms with Crippen LogP contribution >= 0.6 is 0 Å². The highest BCUT2D eigenvalue weighted by atomic mass is 19.4. The van der Waals surface area contributed by atoms with Crippen molar-refractivity contribution in [1.29, 1.82) is 0 Å². The maximum atomic E-state index is 12.5. The first kappa shape index (κ1) is 16.8. The third-order valence-electron chi connectivity index (χ3n) is 2.41. The average Bonchev–Trinajstić information content (AvgIpc) is 2.42. The number of carbonyl (C=O) groups is 2. The Labute approximate surface area is 119 Å². The number of ether oxygens (including phenoxy) is 1. The third-order valence-corrected chi connectivity index (χ3v) is 2.41. The Kier molecular flexibility index (Phi) is 6.01. The van der Waals surface area contributed by atoms with Gasteiger partial charge < -0.3 is 15.4 Å². The summed E-state index contributed by atoms with van der Waals surface area (Å²) in [6.45, 7) is 1.44. The molecule has 0 saturated carbocycles. The first-order chi connectivity index (χ1) is 9.82. The van der Waals surface area contributed by atoms with Crippen LogP contribution in [0.4, 0.5) is 18.0 Å². The number of urea groups is 1. The average molecular weight is 304 g/mol. The van der Waals surface area contributed by atoms with Crippen LogP contribution in [0.2, 0.25) is 0 Å². The van der Waals surface area contributed by atoms with E-state index in [9.17, 15) is 22.8 Å². The quantitative estimate of drug-likeness (QED) is 0.818. The van der Waals surface area contributed by atoms with E-state index in [-0.39, 0.29) is 19.7 Å². The van der Waals surface area contributed by atoms with Crippen LogP contribution in [0.25, 0.3) is 0 Å². The predicted molar refractivity (Wildman–Crippen MR) is 68.3 cm³/mol. The van der Waals surface area contributed by atoms with Crippen molar-refractivity contribution in [1.82, 2.24) is 10.6 Å². The molecule has 0 aliphatic rings. The van der Waals surface area contributed by atoms with Gasteiger partial charge in [-0.15, -0.1) is 0 Å². The second-order valence-electron chi connectivity index (χ2n) is 4.04. The number of rotatable bonds is 5. The van der Waals surface area contributed by atoms with E-state index >= 15 is 0 Å². The van der Waals surface area contributed by atoms with Gasteiger partial charge in [-0.3, -0.25) is 4.79 Å². The molecule has 0 fully saturated rings. The fraction of sp³-hybridized carbons (Fsp3) is 0.385. The molecule has 0 aliphatic carbocycles. The molecule has 1 aromatic rings. The lowest BCUT2D eigenvalue weighted by atomic mass is 10.1. The molecule has 2 N–H and O–H groups in total. The minimum absolute atomic E-state index is 0.0847. The van der Waals surface area contributed by atoms with Crippen LogP contribution in [-0.2, 0) is 22.3 Å². The van der Waals surface area contributed by atoms with Crippen molar-refractivity contribution in [3.63, 3.8) is 0 Å². The largest absolute Gasteiger partial charge is 0.465 e. The maximum absolute atomic E-state index is 12.5. The van der Waals surface area contributed by atoms with Gasteiger partial charge >= 0.3 is 18.2 Å². The van der Waals surface area contributed by atoms with E-state index in [1.165, 1.54) is 12.1 Å². The highest BCUT2D eigenvalue weighted by molar-refractivity contribution is 5.80. The SMILES string of the molecule is CCOC(=O)CNC(=O)NCc1cccc(C(F)(F)F)c1. The van der Waals surface area contributed by atoms with Crippen LogP contribution in [0, 0.1) is 0 Å². The highest BCUT2D eigenvalue weighted by Gasteiger charge is 2.30. The van der Waals surface area contributed by atoms with Gasteiger partial charge in [-0.05, 0) is 24.6 Å². The Bertz CT molecular complexity index is 504. The molecule has 1 rings (SSSR count). The minimum atomic E-state index is -4.43. The predicted octanol–water partition coefficient (Wildman–Crippen LogP) is 2.07. The van der Waals surface area contributed by atoms with Gasteiger partial charge in [0.15, 0.2) is 0 Å². The second-order valence-corrected chi connectivity index (χ2v) is 4.04. The third kappa shape index (κ3) is 6.15. The summed E-state index contributed by atoms with van der Waals surface area (Å²) in [5, 5.41) is 4.59. The molecule has 0 spiro atoms. The molecule has 0 heterocycles. The number of benzene rings is 1. The molecule has 0 aliphatic heterocycles. The van der Waals surface area contributed by atoms with Gasteiger partial charge in [0.2, 0.25) is 0 Å². The molecule has 21 heavy (non-hydrogen) atoms. The second kappa shape index (κ2) is 7.51. The molecule has 1 aromatic carbocycles. The van der Waals surface area contributed by atoms with E-state index in [1.54, 1.807) is 6.92 Å². The zero-order valence-electron chi connectivity index (χ0n) is 11.3. The first-order valence-electron chi connectivity index (χ1n) is 6.16. The smallest absolute Gasteiger partial charge is 0.416 e. The molecule has 5 nitrogen and oxygen atoms in total. The zero-order chi connectivity index (χ0) is 15.9. The molecule has 0 saturated heterocycles. The molecular weight excluding hydrogens is 289 g/mol. The van der Waals surface area contributed by atoms with E-state index in [4.69, 9.17) is 0 Å². The fourth-order valence-corrected chi connectivity index (χ4v) is 1.47. The van der Waals surface area contributed by atoms with Crippen molar-refractivity contribution in [3.05, 3.63) is 35.4 Å². The van der Waals surface area contributed by atoms with Crippen molar-refractivity contribution in [2.75, 3.05) is 13.2 Å². The minimum Gasteiger partial charge on any atom is -0.465 e. The summed E-state index contributed by atoms with van der Waals surface area (Å²) >= 11 is 0.